The van der Waals surface area contributed by atoms with Crippen LogP contribution in [0.2, 0.25) is 0 Å². The van der Waals surface area contributed by atoms with Gasteiger partial charge in [-0.15, -0.1) is 0 Å². The first kappa shape index (κ1) is 14.2. The fourth-order valence-corrected chi connectivity index (χ4v) is 3.56. The average Bonchev–Trinajstić information content (AvgIpc) is 2.95. The van der Waals surface area contributed by atoms with Crippen molar-refractivity contribution >= 4 is 12.0 Å². The zero-order chi connectivity index (χ0) is 14.0. The Morgan fingerprint density at radius 1 is 1.21 bits per heavy atom. The molecule has 0 aromatic rings. The van der Waals surface area contributed by atoms with Crippen LogP contribution in [0.3, 0.4) is 0 Å². The van der Waals surface area contributed by atoms with Crippen LogP contribution >= 0.6 is 0 Å². The number of urea groups is 1. The lowest BCUT2D eigenvalue weighted by Gasteiger charge is -2.31. The Bertz CT molecular complexity index is 353. The number of amides is 2. The maximum atomic E-state index is 12.6. The Morgan fingerprint density at radius 3 is 2.32 bits per heavy atom. The van der Waals surface area contributed by atoms with Gasteiger partial charge < -0.3 is 14.9 Å². The summed E-state index contributed by atoms with van der Waals surface area (Å²) in [6.45, 7) is 5.66. The predicted octanol–water partition coefficient (Wildman–Crippen LogP) is 2.17. The molecular weight excluding hydrogens is 244 g/mol. The van der Waals surface area contributed by atoms with Crippen LogP contribution in [0.15, 0.2) is 0 Å². The third-order valence-electron chi connectivity index (χ3n) is 4.33. The van der Waals surface area contributed by atoms with Crippen LogP contribution in [0.5, 0.6) is 0 Å². The second kappa shape index (κ2) is 5.80. The van der Waals surface area contributed by atoms with Crippen molar-refractivity contribution in [3.63, 3.8) is 0 Å². The van der Waals surface area contributed by atoms with E-state index >= 15 is 0 Å². The lowest BCUT2D eigenvalue weighted by Crippen LogP contribution is -2.47. The number of nitrogens with zero attached hydrogens (tertiary/aromatic N) is 2. The van der Waals surface area contributed by atoms with Crippen molar-refractivity contribution in [3.05, 3.63) is 0 Å². The van der Waals surface area contributed by atoms with Gasteiger partial charge in [-0.3, -0.25) is 4.79 Å². The van der Waals surface area contributed by atoms with Gasteiger partial charge in [0.05, 0.1) is 5.92 Å². The molecular formula is C14H24N2O3. The second-order valence-corrected chi connectivity index (χ2v) is 5.66. The summed E-state index contributed by atoms with van der Waals surface area (Å²) in [5.41, 5.74) is 0. The molecule has 0 aromatic heterocycles. The SMILES string of the molecule is CCCN(CCC)C(=O)N1C2CCC1C(C(=O)O)C2. The quantitative estimate of drug-likeness (QED) is 0.831. The molecule has 2 bridgehead atoms. The number of carboxylic acids is 1. The van der Waals surface area contributed by atoms with Crippen molar-refractivity contribution < 1.29 is 14.7 Å². The summed E-state index contributed by atoms with van der Waals surface area (Å²) in [6.07, 6.45) is 4.33. The normalized spacial score (nSPS) is 28.7. The summed E-state index contributed by atoms with van der Waals surface area (Å²) >= 11 is 0. The molecule has 2 rings (SSSR count). The lowest BCUT2D eigenvalue weighted by atomic mass is 9.89. The summed E-state index contributed by atoms with van der Waals surface area (Å²) < 4.78 is 0. The zero-order valence-electron chi connectivity index (χ0n) is 11.8. The van der Waals surface area contributed by atoms with Gasteiger partial charge >= 0.3 is 12.0 Å². The molecule has 0 radical (unpaired) electrons. The highest BCUT2D eigenvalue weighted by atomic mass is 16.4. The molecule has 2 saturated heterocycles. The van der Waals surface area contributed by atoms with Crippen molar-refractivity contribution in [1.29, 1.82) is 0 Å². The molecule has 2 heterocycles. The van der Waals surface area contributed by atoms with E-state index in [2.05, 4.69) is 13.8 Å². The molecule has 0 aliphatic carbocycles. The van der Waals surface area contributed by atoms with E-state index in [-0.39, 0.29) is 24.0 Å². The van der Waals surface area contributed by atoms with Gasteiger partial charge in [-0.1, -0.05) is 13.8 Å². The highest BCUT2D eigenvalue weighted by Gasteiger charge is 2.52. The van der Waals surface area contributed by atoms with E-state index in [1.54, 1.807) is 0 Å². The first-order valence-electron chi connectivity index (χ1n) is 7.40. The van der Waals surface area contributed by atoms with Gasteiger partial charge in [-0.05, 0) is 32.1 Å². The molecule has 2 aliphatic rings. The van der Waals surface area contributed by atoms with Crippen LogP contribution in [0.25, 0.3) is 0 Å². The summed E-state index contributed by atoms with van der Waals surface area (Å²) in [4.78, 5) is 27.6. The predicted molar refractivity (Wildman–Crippen MR) is 71.9 cm³/mol. The molecule has 2 aliphatic heterocycles. The minimum Gasteiger partial charge on any atom is -0.481 e. The van der Waals surface area contributed by atoms with Gasteiger partial charge in [0.15, 0.2) is 0 Å². The van der Waals surface area contributed by atoms with Gasteiger partial charge in [0, 0.05) is 25.2 Å². The van der Waals surface area contributed by atoms with Crippen LogP contribution in [0, 0.1) is 5.92 Å². The molecule has 3 unspecified atom stereocenters. The number of fused-ring (bicyclic) bond motifs is 2. The van der Waals surface area contributed by atoms with Crippen LogP contribution in [-0.4, -0.2) is 52.1 Å². The molecule has 2 fully saturated rings. The number of hydrogen-bond acceptors (Lipinski definition) is 2. The summed E-state index contributed by atoms with van der Waals surface area (Å²) in [7, 11) is 0. The van der Waals surface area contributed by atoms with E-state index in [4.69, 9.17) is 0 Å². The fourth-order valence-electron chi connectivity index (χ4n) is 3.56. The topological polar surface area (TPSA) is 60.9 Å². The Balaban J connectivity index is 2.09. The highest BCUT2D eigenvalue weighted by Crippen LogP contribution is 2.42. The molecule has 1 N–H and O–H groups in total. The average molecular weight is 268 g/mol. The molecule has 0 spiro atoms. The second-order valence-electron chi connectivity index (χ2n) is 5.66. The summed E-state index contributed by atoms with van der Waals surface area (Å²) in [5, 5.41) is 9.23. The highest BCUT2D eigenvalue weighted by molar-refractivity contribution is 5.79. The molecule has 19 heavy (non-hydrogen) atoms. The van der Waals surface area contributed by atoms with Crippen molar-refractivity contribution in [2.24, 2.45) is 5.92 Å². The maximum Gasteiger partial charge on any atom is 0.320 e. The smallest absolute Gasteiger partial charge is 0.320 e. The number of rotatable bonds is 5. The first-order chi connectivity index (χ1) is 9.10. The largest absolute Gasteiger partial charge is 0.481 e. The molecule has 5 nitrogen and oxygen atoms in total. The van der Waals surface area contributed by atoms with Crippen LogP contribution in [0.4, 0.5) is 4.79 Å². The molecule has 5 heteroatoms. The number of carbonyl (C=O) groups excluding carboxylic acids is 1. The molecule has 0 aromatic carbocycles. The van der Waals surface area contributed by atoms with Crippen LogP contribution < -0.4 is 0 Å². The zero-order valence-corrected chi connectivity index (χ0v) is 11.8. The van der Waals surface area contributed by atoms with Gasteiger partial charge in [-0.2, -0.15) is 0 Å². The minimum absolute atomic E-state index is 0.0555. The lowest BCUT2D eigenvalue weighted by molar-refractivity contribution is -0.142. The van der Waals surface area contributed by atoms with Crippen molar-refractivity contribution in [2.45, 2.75) is 58.0 Å². The fraction of sp³-hybridized carbons (Fsp3) is 0.857. The van der Waals surface area contributed by atoms with Gasteiger partial charge in [0.1, 0.15) is 0 Å². The van der Waals surface area contributed by atoms with Crippen molar-refractivity contribution in [1.82, 2.24) is 9.80 Å². The molecule has 3 atom stereocenters. The van der Waals surface area contributed by atoms with E-state index in [0.29, 0.717) is 6.42 Å². The molecule has 0 saturated carbocycles. The van der Waals surface area contributed by atoms with Crippen LogP contribution in [0.1, 0.15) is 46.0 Å². The first-order valence-corrected chi connectivity index (χ1v) is 7.40. The van der Waals surface area contributed by atoms with Crippen molar-refractivity contribution in [3.8, 4) is 0 Å². The number of hydrogen-bond donors (Lipinski definition) is 1. The van der Waals surface area contributed by atoms with Gasteiger partial charge in [0.2, 0.25) is 0 Å². The number of aliphatic carboxylic acids is 1. The molecule has 2 amide bonds. The standard InChI is InChI=1S/C14H24N2O3/c1-3-7-15(8-4-2)14(19)16-10-5-6-12(16)11(9-10)13(17)18/h10-12H,3-9H2,1-2H3,(H,17,18). The minimum atomic E-state index is -0.748. The van der Waals surface area contributed by atoms with Crippen LogP contribution in [-0.2, 0) is 4.79 Å². The maximum absolute atomic E-state index is 12.6. The van der Waals surface area contributed by atoms with E-state index in [1.807, 2.05) is 9.80 Å². The Labute approximate surface area is 114 Å². The van der Waals surface area contributed by atoms with Gasteiger partial charge in [-0.25, -0.2) is 4.79 Å². The van der Waals surface area contributed by atoms with E-state index < -0.39 is 5.97 Å². The van der Waals surface area contributed by atoms with E-state index in [9.17, 15) is 14.7 Å². The number of carbonyl (C=O) groups is 2. The summed E-state index contributed by atoms with van der Waals surface area (Å²) in [6, 6.07) is 0.126. The Hall–Kier alpha value is -1.26. The summed E-state index contributed by atoms with van der Waals surface area (Å²) in [5.74, 6) is -1.10. The Morgan fingerprint density at radius 2 is 1.84 bits per heavy atom. The number of carboxylic acid groups (broad SMARTS) is 1. The Kier molecular flexibility index (Phi) is 4.32. The molecule has 108 valence electrons. The van der Waals surface area contributed by atoms with E-state index in [0.717, 1.165) is 38.8 Å². The van der Waals surface area contributed by atoms with E-state index in [1.165, 1.54) is 0 Å². The third kappa shape index (κ3) is 2.55. The third-order valence-corrected chi connectivity index (χ3v) is 4.33. The van der Waals surface area contributed by atoms with Gasteiger partial charge in [0.25, 0.3) is 0 Å². The monoisotopic (exact) mass is 268 g/mol. The van der Waals surface area contributed by atoms with Crippen molar-refractivity contribution in [2.75, 3.05) is 13.1 Å².